The lowest BCUT2D eigenvalue weighted by Gasteiger charge is -2.49. The molecule has 5 heteroatoms. The number of aryl methyl sites for hydroxylation is 1. The van der Waals surface area contributed by atoms with Gasteiger partial charge in [0.1, 0.15) is 0 Å². The van der Waals surface area contributed by atoms with Crippen LogP contribution in [-0.4, -0.2) is 28.3 Å². The zero-order valence-electron chi connectivity index (χ0n) is 9.65. The summed E-state index contributed by atoms with van der Waals surface area (Å²) < 4.78 is 4.87. The van der Waals surface area contributed by atoms with Crippen molar-refractivity contribution in [1.29, 1.82) is 0 Å². The lowest BCUT2D eigenvalue weighted by atomic mass is 9.64. The smallest absolute Gasteiger partial charge is 0.290 e. The molecule has 2 unspecified atom stereocenters. The highest BCUT2D eigenvalue weighted by Crippen LogP contribution is 2.40. The number of hydrogen-bond acceptors (Lipinski definition) is 4. The van der Waals surface area contributed by atoms with Gasteiger partial charge in [-0.25, -0.2) is 0 Å². The van der Waals surface area contributed by atoms with Crippen molar-refractivity contribution in [2.45, 2.75) is 39.3 Å². The van der Waals surface area contributed by atoms with E-state index in [9.17, 15) is 9.90 Å². The van der Waals surface area contributed by atoms with Crippen LogP contribution in [0.2, 0.25) is 0 Å². The van der Waals surface area contributed by atoms with Crippen molar-refractivity contribution in [2.24, 2.45) is 5.41 Å². The molecular formula is C11H16N2O3. The van der Waals surface area contributed by atoms with Gasteiger partial charge in [0, 0.05) is 17.5 Å². The van der Waals surface area contributed by atoms with E-state index in [1.165, 1.54) is 0 Å². The van der Waals surface area contributed by atoms with E-state index in [1.807, 2.05) is 13.8 Å². The van der Waals surface area contributed by atoms with E-state index in [2.05, 4.69) is 10.5 Å². The third-order valence-corrected chi connectivity index (χ3v) is 3.37. The Morgan fingerprint density at radius 3 is 2.81 bits per heavy atom. The maximum absolute atomic E-state index is 11.7. The monoisotopic (exact) mass is 224 g/mol. The summed E-state index contributed by atoms with van der Waals surface area (Å²) in [7, 11) is 0. The van der Waals surface area contributed by atoms with Crippen molar-refractivity contribution in [3.8, 4) is 0 Å². The fourth-order valence-electron chi connectivity index (χ4n) is 1.85. The molecule has 2 atom stereocenters. The third kappa shape index (κ3) is 1.71. The fourth-order valence-corrected chi connectivity index (χ4v) is 1.85. The number of aromatic nitrogens is 1. The maximum atomic E-state index is 11.7. The summed E-state index contributed by atoms with van der Waals surface area (Å²) in [6.07, 6.45) is 0.237. The molecule has 1 heterocycles. The molecule has 2 N–H and O–H groups in total. The van der Waals surface area contributed by atoms with E-state index in [-0.39, 0.29) is 29.2 Å². The van der Waals surface area contributed by atoms with Crippen molar-refractivity contribution in [3.05, 3.63) is 17.5 Å². The van der Waals surface area contributed by atoms with E-state index < -0.39 is 0 Å². The molecule has 1 fully saturated rings. The number of aliphatic hydroxyl groups excluding tert-OH is 1. The molecule has 2 rings (SSSR count). The Morgan fingerprint density at radius 2 is 2.38 bits per heavy atom. The first kappa shape index (κ1) is 11.1. The zero-order chi connectivity index (χ0) is 11.9. The minimum absolute atomic E-state index is 0.0135. The molecule has 88 valence electrons. The van der Waals surface area contributed by atoms with Crippen LogP contribution >= 0.6 is 0 Å². The largest absolute Gasteiger partial charge is 0.392 e. The highest BCUT2D eigenvalue weighted by Gasteiger charge is 2.48. The van der Waals surface area contributed by atoms with Crippen LogP contribution in [0.25, 0.3) is 0 Å². The standard InChI is InChI=1S/C11H16N2O3/c1-6-4-7(16-13-6)10(15)12-8-5-9(14)11(8,2)3/h4,8-9,14H,5H2,1-3H3,(H,12,15). The molecular weight excluding hydrogens is 208 g/mol. The van der Waals surface area contributed by atoms with Gasteiger partial charge in [0.05, 0.1) is 11.8 Å². The lowest BCUT2D eigenvalue weighted by Crippen LogP contribution is -2.61. The Bertz CT molecular complexity index is 411. The lowest BCUT2D eigenvalue weighted by molar-refractivity contribution is -0.0692. The summed E-state index contributed by atoms with van der Waals surface area (Å²) in [6, 6.07) is 1.58. The Kier molecular flexibility index (Phi) is 2.50. The average molecular weight is 224 g/mol. The quantitative estimate of drug-likeness (QED) is 0.781. The summed E-state index contributed by atoms with van der Waals surface area (Å²) in [6.45, 7) is 5.62. The van der Waals surface area contributed by atoms with Crippen molar-refractivity contribution < 1.29 is 14.4 Å². The first-order valence-corrected chi connectivity index (χ1v) is 5.33. The number of nitrogens with one attached hydrogen (secondary N) is 1. The van der Waals surface area contributed by atoms with Gasteiger partial charge in [-0.15, -0.1) is 0 Å². The van der Waals surface area contributed by atoms with Crippen LogP contribution in [0.15, 0.2) is 10.6 Å². The second-order valence-electron chi connectivity index (χ2n) is 4.93. The summed E-state index contributed by atoms with van der Waals surface area (Å²) in [5.41, 5.74) is 0.406. The minimum Gasteiger partial charge on any atom is -0.392 e. The molecule has 0 saturated heterocycles. The van der Waals surface area contributed by atoms with Gasteiger partial charge >= 0.3 is 0 Å². The van der Waals surface area contributed by atoms with E-state index >= 15 is 0 Å². The maximum Gasteiger partial charge on any atom is 0.290 e. The normalized spacial score (nSPS) is 27.2. The molecule has 0 spiro atoms. The summed E-state index contributed by atoms with van der Waals surface area (Å²) in [5, 5.41) is 16.0. The Balaban J connectivity index is 1.99. The SMILES string of the molecule is Cc1cc(C(=O)NC2CC(O)C2(C)C)on1. The number of carbonyl (C=O) groups excluding carboxylic acids is 1. The first-order valence-electron chi connectivity index (χ1n) is 5.33. The molecule has 0 aromatic carbocycles. The van der Waals surface area contributed by atoms with Crippen molar-refractivity contribution in [1.82, 2.24) is 10.5 Å². The van der Waals surface area contributed by atoms with Crippen LogP contribution in [0.4, 0.5) is 0 Å². The molecule has 1 aliphatic rings. The number of nitrogens with zero attached hydrogens (tertiary/aromatic N) is 1. The molecule has 0 bridgehead atoms. The van der Waals surface area contributed by atoms with Gasteiger partial charge in [0.15, 0.2) is 0 Å². The van der Waals surface area contributed by atoms with Crippen molar-refractivity contribution >= 4 is 5.91 Å². The molecule has 1 amide bonds. The van der Waals surface area contributed by atoms with Crippen LogP contribution in [-0.2, 0) is 0 Å². The summed E-state index contributed by atoms with van der Waals surface area (Å²) >= 11 is 0. The van der Waals surface area contributed by atoms with Gasteiger partial charge in [-0.2, -0.15) is 0 Å². The van der Waals surface area contributed by atoms with Crippen LogP contribution in [0, 0.1) is 12.3 Å². The van der Waals surface area contributed by atoms with Crippen LogP contribution in [0.3, 0.4) is 0 Å². The van der Waals surface area contributed by atoms with Gasteiger partial charge in [0.2, 0.25) is 5.76 Å². The molecule has 1 aromatic rings. The van der Waals surface area contributed by atoms with E-state index in [1.54, 1.807) is 13.0 Å². The van der Waals surface area contributed by atoms with Gasteiger partial charge in [0.25, 0.3) is 5.91 Å². The van der Waals surface area contributed by atoms with Gasteiger partial charge in [-0.3, -0.25) is 4.79 Å². The number of aliphatic hydroxyl groups is 1. The molecule has 5 nitrogen and oxygen atoms in total. The number of hydrogen-bond donors (Lipinski definition) is 2. The van der Waals surface area contributed by atoms with Crippen LogP contribution < -0.4 is 5.32 Å². The first-order chi connectivity index (χ1) is 7.41. The second-order valence-corrected chi connectivity index (χ2v) is 4.93. The predicted molar refractivity (Wildman–Crippen MR) is 56.9 cm³/mol. The van der Waals surface area contributed by atoms with Crippen molar-refractivity contribution in [3.63, 3.8) is 0 Å². The third-order valence-electron chi connectivity index (χ3n) is 3.37. The van der Waals surface area contributed by atoms with E-state index in [0.717, 1.165) is 0 Å². The average Bonchev–Trinajstić information content (AvgIpc) is 2.64. The van der Waals surface area contributed by atoms with Gasteiger partial charge < -0.3 is 14.9 Å². The van der Waals surface area contributed by atoms with Crippen LogP contribution in [0.5, 0.6) is 0 Å². The molecule has 0 radical (unpaired) electrons. The summed E-state index contributed by atoms with van der Waals surface area (Å²) in [4.78, 5) is 11.7. The highest BCUT2D eigenvalue weighted by atomic mass is 16.5. The van der Waals surface area contributed by atoms with Gasteiger partial charge in [-0.1, -0.05) is 19.0 Å². The van der Waals surface area contributed by atoms with E-state index in [0.29, 0.717) is 12.1 Å². The Morgan fingerprint density at radius 1 is 1.69 bits per heavy atom. The molecule has 1 saturated carbocycles. The molecule has 16 heavy (non-hydrogen) atoms. The van der Waals surface area contributed by atoms with Gasteiger partial charge in [-0.05, 0) is 13.3 Å². The summed E-state index contributed by atoms with van der Waals surface area (Å²) in [5.74, 6) is -0.0553. The topological polar surface area (TPSA) is 75.4 Å². The number of amides is 1. The second kappa shape index (κ2) is 3.59. The minimum atomic E-state index is -0.353. The predicted octanol–water partition coefficient (Wildman–Crippen LogP) is 0.872. The number of carbonyl (C=O) groups is 1. The highest BCUT2D eigenvalue weighted by molar-refractivity contribution is 5.91. The Labute approximate surface area is 93.8 Å². The molecule has 1 aromatic heterocycles. The Hall–Kier alpha value is -1.36. The number of rotatable bonds is 2. The van der Waals surface area contributed by atoms with Crippen molar-refractivity contribution in [2.75, 3.05) is 0 Å². The molecule has 0 aliphatic heterocycles. The van der Waals surface area contributed by atoms with E-state index in [4.69, 9.17) is 4.52 Å². The zero-order valence-corrected chi connectivity index (χ0v) is 9.65. The molecule has 1 aliphatic carbocycles. The van der Waals surface area contributed by atoms with Crippen LogP contribution in [0.1, 0.15) is 36.5 Å². The fraction of sp³-hybridized carbons (Fsp3) is 0.636.